The number of hydrogen-bond donors (Lipinski definition) is 2. The van der Waals surface area contributed by atoms with Crippen LogP contribution in [0.5, 0.6) is 0 Å². The van der Waals surface area contributed by atoms with E-state index in [1.165, 1.54) is 22.7 Å². The van der Waals surface area contributed by atoms with E-state index < -0.39 is 0 Å². The first-order valence-corrected chi connectivity index (χ1v) is 11.2. The van der Waals surface area contributed by atoms with Gasteiger partial charge in [-0.3, -0.25) is 9.59 Å². The number of thiophene rings is 2. The molecule has 156 valence electrons. The summed E-state index contributed by atoms with van der Waals surface area (Å²) in [4.78, 5) is 26.2. The summed E-state index contributed by atoms with van der Waals surface area (Å²) in [7, 11) is 0. The minimum Gasteiger partial charge on any atom is -0.321 e. The zero-order valence-electron chi connectivity index (χ0n) is 16.6. The number of carbonyl (C=O) groups excluding carboxylic acids is 2. The second kappa shape index (κ2) is 9.83. The van der Waals surface area contributed by atoms with Gasteiger partial charge in [0, 0.05) is 11.3 Å². The number of azo groups is 1. The second-order valence-electron chi connectivity index (χ2n) is 6.49. The van der Waals surface area contributed by atoms with Crippen molar-refractivity contribution in [2.24, 2.45) is 10.2 Å². The summed E-state index contributed by atoms with van der Waals surface area (Å²) in [6, 6.07) is 19.2. The van der Waals surface area contributed by atoms with E-state index in [4.69, 9.17) is 6.42 Å². The number of amides is 2. The van der Waals surface area contributed by atoms with Gasteiger partial charge in [-0.25, -0.2) is 0 Å². The van der Waals surface area contributed by atoms with E-state index in [-0.39, 0.29) is 11.8 Å². The molecular formula is C24H16N4O2S2. The number of nitrogens with one attached hydrogen (secondary N) is 2. The maximum atomic E-state index is 12.6. The molecule has 2 amide bonds. The standard InChI is InChI=1S/C24H16N4O2S2/c1-2-16-7-9-17(10-8-16)27-28-19-12-11-18(25-23(29)21-5-3-13-31-21)15-20(19)26-24(30)22-6-4-14-32-22/h1,3-15H,(H,25,29)(H,26,30). The summed E-state index contributed by atoms with van der Waals surface area (Å²) in [6.07, 6.45) is 5.38. The van der Waals surface area contributed by atoms with Crippen LogP contribution in [0.1, 0.15) is 24.9 Å². The van der Waals surface area contributed by atoms with Crippen LogP contribution in [0.3, 0.4) is 0 Å². The molecule has 0 saturated heterocycles. The Bertz CT molecular complexity index is 1300. The summed E-state index contributed by atoms with van der Waals surface area (Å²) in [5.74, 6) is 2.06. The predicted octanol–water partition coefficient (Wildman–Crippen LogP) is 6.71. The fourth-order valence-electron chi connectivity index (χ4n) is 2.73. The zero-order chi connectivity index (χ0) is 22.3. The summed E-state index contributed by atoms with van der Waals surface area (Å²) >= 11 is 2.68. The first-order valence-electron chi connectivity index (χ1n) is 9.44. The highest BCUT2D eigenvalue weighted by Crippen LogP contribution is 2.31. The van der Waals surface area contributed by atoms with Crippen molar-refractivity contribution >= 4 is 57.2 Å². The van der Waals surface area contributed by atoms with Gasteiger partial charge in [-0.15, -0.1) is 34.2 Å². The quantitative estimate of drug-likeness (QED) is 0.250. The highest BCUT2D eigenvalue weighted by molar-refractivity contribution is 7.12. The van der Waals surface area contributed by atoms with Crippen LogP contribution in [0.15, 0.2) is 87.7 Å². The molecule has 0 aliphatic rings. The van der Waals surface area contributed by atoms with Crippen LogP contribution in [0.2, 0.25) is 0 Å². The van der Waals surface area contributed by atoms with Gasteiger partial charge in [0.25, 0.3) is 11.8 Å². The largest absolute Gasteiger partial charge is 0.321 e. The van der Waals surface area contributed by atoms with Gasteiger partial charge in [-0.2, -0.15) is 5.11 Å². The molecule has 0 aliphatic carbocycles. The van der Waals surface area contributed by atoms with Crippen molar-refractivity contribution in [2.45, 2.75) is 0 Å². The Morgan fingerprint density at radius 2 is 1.47 bits per heavy atom. The lowest BCUT2D eigenvalue weighted by atomic mass is 10.2. The molecule has 4 aromatic rings. The van der Waals surface area contributed by atoms with Gasteiger partial charge in [0.1, 0.15) is 5.69 Å². The third kappa shape index (κ3) is 5.16. The van der Waals surface area contributed by atoms with E-state index in [2.05, 4.69) is 26.8 Å². The van der Waals surface area contributed by atoms with Crippen LogP contribution in [-0.2, 0) is 0 Å². The second-order valence-corrected chi connectivity index (χ2v) is 8.38. The van der Waals surface area contributed by atoms with Crippen molar-refractivity contribution < 1.29 is 9.59 Å². The molecule has 0 spiro atoms. The number of anilines is 2. The molecule has 6 nitrogen and oxygen atoms in total. The minimum absolute atomic E-state index is 0.224. The van der Waals surface area contributed by atoms with E-state index in [1.807, 2.05) is 16.8 Å². The van der Waals surface area contributed by atoms with Gasteiger partial charge in [0.2, 0.25) is 0 Å². The van der Waals surface area contributed by atoms with E-state index in [1.54, 1.807) is 60.7 Å². The Morgan fingerprint density at radius 3 is 2.06 bits per heavy atom. The van der Waals surface area contributed by atoms with Crippen molar-refractivity contribution in [2.75, 3.05) is 10.6 Å². The molecule has 0 atom stereocenters. The average Bonchev–Trinajstić information content (AvgIpc) is 3.53. The van der Waals surface area contributed by atoms with Gasteiger partial charge >= 0.3 is 0 Å². The van der Waals surface area contributed by atoms with E-state index in [0.717, 1.165) is 5.56 Å². The van der Waals surface area contributed by atoms with Gasteiger partial charge < -0.3 is 10.6 Å². The number of carbonyl (C=O) groups is 2. The summed E-state index contributed by atoms with van der Waals surface area (Å²) in [5, 5.41) is 17.9. The molecule has 0 radical (unpaired) electrons. The van der Waals surface area contributed by atoms with E-state index in [9.17, 15) is 9.59 Å². The Hall–Kier alpha value is -4.06. The fourth-order valence-corrected chi connectivity index (χ4v) is 3.97. The normalized spacial score (nSPS) is 10.6. The Kier molecular flexibility index (Phi) is 6.51. The smallest absolute Gasteiger partial charge is 0.265 e. The van der Waals surface area contributed by atoms with Gasteiger partial charge in [0.15, 0.2) is 0 Å². The average molecular weight is 457 g/mol. The third-order valence-corrected chi connectivity index (χ3v) is 6.04. The maximum Gasteiger partial charge on any atom is 0.265 e. The zero-order valence-corrected chi connectivity index (χ0v) is 18.2. The van der Waals surface area contributed by atoms with Crippen LogP contribution in [-0.4, -0.2) is 11.8 Å². The van der Waals surface area contributed by atoms with Gasteiger partial charge in [0.05, 0.1) is 21.1 Å². The van der Waals surface area contributed by atoms with Crippen molar-refractivity contribution in [1.29, 1.82) is 0 Å². The molecule has 0 aliphatic heterocycles. The lowest BCUT2D eigenvalue weighted by Gasteiger charge is -2.10. The van der Waals surface area contributed by atoms with Crippen LogP contribution in [0, 0.1) is 12.3 Å². The molecule has 2 heterocycles. The highest BCUT2D eigenvalue weighted by atomic mass is 32.1. The lowest BCUT2D eigenvalue weighted by molar-refractivity contribution is 0.102. The summed E-state index contributed by atoms with van der Waals surface area (Å²) in [6.45, 7) is 0. The Morgan fingerprint density at radius 1 is 0.812 bits per heavy atom. The molecule has 2 aromatic heterocycles. The molecular weight excluding hydrogens is 440 g/mol. The maximum absolute atomic E-state index is 12.6. The first kappa shape index (κ1) is 21.2. The topological polar surface area (TPSA) is 82.9 Å². The molecule has 0 bridgehead atoms. The number of rotatable bonds is 6. The molecule has 4 rings (SSSR count). The third-order valence-electron chi connectivity index (χ3n) is 4.30. The predicted molar refractivity (Wildman–Crippen MR) is 130 cm³/mol. The van der Waals surface area contributed by atoms with Crippen LogP contribution < -0.4 is 10.6 Å². The first-order chi connectivity index (χ1) is 15.6. The number of terminal acetylenes is 1. The molecule has 2 aromatic carbocycles. The fraction of sp³-hybridized carbons (Fsp3) is 0. The lowest BCUT2D eigenvalue weighted by Crippen LogP contribution is -2.12. The summed E-state index contributed by atoms with van der Waals surface area (Å²) < 4.78 is 0. The van der Waals surface area contributed by atoms with E-state index in [0.29, 0.717) is 32.5 Å². The highest BCUT2D eigenvalue weighted by Gasteiger charge is 2.13. The van der Waals surface area contributed by atoms with Crippen molar-refractivity contribution in [1.82, 2.24) is 0 Å². The van der Waals surface area contributed by atoms with Crippen molar-refractivity contribution in [3.8, 4) is 12.3 Å². The minimum atomic E-state index is -0.267. The monoisotopic (exact) mass is 456 g/mol. The van der Waals surface area contributed by atoms with Gasteiger partial charge in [-0.05, 0) is 65.4 Å². The molecule has 0 saturated carbocycles. The Labute approximate surface area is 192 Å². The Balaban J connectivity index is 1.61. The number of benzene rings is 2. The molecule has 2 N–H and O–H groups in total. The van der Waals surface area contributed by atoms with Crippen LogP contribution >= 0.6 is 22.7 Å². The van der Waals surface area contributed by atoms with Gasteiger partial charge in [-0.1, -0.05) is 18.1 Å². The number of hydrogen-bond acceptors (Lipinski definition) is 6. The summed E-state index contributed by atoms with van der Waals surface area (Å²) in [5.41, 5.74) is 2.77. The van der Waals surface area contributed by atoms with Crippen molar-refractivity contribution in [3.05, 3.63) is 92.8 Å². The van der Waals surface area contributed by atoms with Crippen LogP contribution in [0.4, 0.5) is 22.7 Å². The SMILES string of the molecule is C#Cc1ccc(N=Nc2ccc(NC(=O)c3cccs3)cc2NC(=O)c2cccs2)cc1. The van der Waals surface area contributed by atoms with Crippen LogP contribution in [0.25, 0.3) is 0 Å². The molecule has 0 unspecified atom stereocenters. The molecule has 8 heteroatoms. The van der Waals surface area contributed by atoms with Crippen molar-refractivity contribution in [3.63, 3.8) is 0 Å². The molecule has 32 heavy (non-hydrogen) atoms. The van der Waals surface area contributed by atoms with E-state index >= 15 is 0 Å². The number of nitrogens with zero attached hydrogens (tertiary/aromatic N) is 2. The molecule has 0 fully saturated rings.